The number of nitrogens with zero attached hydrogens (tertiary/aromatic N) is 4. The maximum Gasteiger partial charge on any atom is 0.280 e. The minimum Gasteiger partial charge on any atom is -0.494 e. The predicted octanol–water partition coefficient (Wildman–Crippen LogP) is 6.62. The van der Waals surface area contributed by atoms with E-state index in [0.29, 0.717) is 28.8 Å². The van der Waals surface area contributed by atoms with E-state index >= 15 is 0 Å². The molecule has 40 heavy (non-hydrogen) atoms. The number of morpholine rings is 1. The van der Waals surface area contributed by atoms with Crippen LogP contribution in [0.2, 0.25) is 0 Å². The average molecular weight is 541 g/mol. The molecule has 0 spiro atoms. The normalized spacial score (nSPS) is 17.8. The number of unbranched alkanes of at least 4 members (excludes halogenated alkanes) is 5. The van der Waals surface area contributed by atoms with Gasteiger partial charge in [-0.05, 0) is 80.8 Å². The molecule has 0 saturated carbocycles. The van der Waals surface area contributed by atoms with Gasteiger partial charge in [-0.3, -0.25) is 9.69 Å². The summed E-state index contributed by atoms with van der Waals surface area (Å²) in [5.74, 6) is 0.698. The molecule has 7 nitrogen and oxygen atoms in total. The van der Waals surface area contributed by atoms with Gasteiger partial charge in [0, 0.05) is 18.7 Å². The molecule has 2 heterocycles. The topological polar surface area (TPSA) is 69.5 Å². The summed E-state index contributed by atoms with van der Waals surface area (Å²) in [6.07, 6.45) is 8.15. The molecule has 1 aliphatic heterocycles. The number of hydrogen-bond donors (Lipinski definition) is 0. The summed E-state index contributed by atoms with van der Waals surface area (Å²) in [6, 6.07) is 23.2. The Kier molecular flexibility index (Phi) is 9.58. The molecule has 3 aromatic carbocycles. The van der Waals surface area contributed by atoms with Crippen LogP contribution in [0.25, 0.3) is 22.2 Å². The van der Waals surface area contributed by atoms with Crippen molar-refractivity contribution in [1.29, 1.82) is 0 Å². The van der Waals surface area contributed by atoms with Crippen LogP contribution in [-0.2, 0) is 4.74 Å². The number of carbonyl (C=O) groups excluding carboxylic acids is 1. The van der Waals surface area contributed by atoms with E-state index < -0.39 is 0 Å². The first-order valence-electron chi connectivity index (χ1n) is 14.6. The van der Waals surface area contributed by atoms with Gasteiger partial charge in [-0.15, -0.1) is 5.10 Å². The first-order valence-corrected chi connectivity index (χ1v) is 14.6. The lowest BCUT2D eigenvalue weighted by atomic mass is 10.0. The maximum absolute atomic E-state index is 12.9. The highest BCUT2D eigenvalue weighted by Crippen LogP contribution is 2.24. The van der Waals surface area contributed by atoms with Gasteiger partial charge >= 0.3 is 0 Å². The molecular formula is C33H40N4O3. The number of rotatable bonds is 12. The molecule has 210 valence electrons. The molecule has 0 radical (unpaired) electrons. The van der Waals surface area contributed by atoms with Gasteiger partial charge in [0.2, 0.25) is 0 Å². The van der Waals surface area contributed by atoms with Crippen molar-refractivity contribution in [2.45, 2.75) is 64.6 Å². The predicted molar refractivity (Wildman–Crippen MR) is 159 cm³/mol. The lowest BCUT2D eigenvalue weighted by Gasteiger charge is -2.35. The molecule has 2 unspecified atom stereocenters. The number of benzene rings is 3. The molecule has 4 aromatic rings. The lowest BCUT2D eigenvalue weighted by molar-refractivity contribution is -0.0681. The van der Waals surface area contributed by atoms with Crippen LogP contribution in [-0.4, -0.2) is 64.3 Å². The van der Waals surface area contributed by atoms with E-state index in [2.05, 4.69) is 41.2 Å². The Morgan fingerprint density at radius 3 is 2.17 bits per heavy atom. The number of fused-ring (bicyclic) bond motifs is 1. The molecule has 7 heteroatoms. The van der Waals surface area contributed by atoms with Crippen molar-refractivity contribution in [2.75, 3.05) is 26.2 Å². The van der Waals surface area contributed by atoms with Crippen molar-refractivity contribution in [2.24, 2.45) is 0 Å². The summed E-state index contributed by atoms with van der Waals surface area (Å²) >= 11 is 0. The SMILES string of the molecule is CC1CN(CCCCCCCCOc2ccc(-c3ccc(C(=O)n4nnc5ccccc54)cc3)cc2)CC(C)O1. The van der Waals surface area contributed by atoms with Crippen LogP contribution in [0.5, 0.6) is 5.75 Å². The van der Waals surface area contributed by atoms with E-state index in [1.165, 1.54) is 43.3 Å². The van der Waals surface area contributed by atoms with Crippen LogP contribution < -0.4 is 4.74 Å². The number of para-hydroxylation sites is 1. The van der Waals surface area contributed by atoms with E-state index in [0.717, 1.165) is 43.0 Å². The van der Waals surface area contributed by atoms with Crippen molar-refractivity contribution in [3.8, 4) is 16.9 Å². The van der Waals surface area contributed by atoms with Gasteiger partial charge in [0.25, 0.3) is 5.91 Å². The fourth-order valence-corrected chi connectivity index (χ4v) is 5.49. The summed E-state index contributed by atoms with van der Waals surface area (Å²) in [6.45, 7) is 8.42. The molecule has 5 rings (SSSR count). The summed E-state index contributed by atoms with van der Waals surface area (Å²) in [4.78, 5) is 15.5. The largest absolute Gasteiger partial charge is 0.494 e. The third-order valence-corrected chi connectivity index (χ3v) is 7.50. The van der Waals surface area contributed by atoms with Crippen LogP contribution in [0.4, 0.5) is 0 Å². The lowest BCUT2D eigenvalue weighted by Crippen LogP contribution is -2.45. The highest BCUT2D eigenvalue weighted by atomic mass is 16.5. The Labute approximate surface area is 237 Å². The zero-order valence-electron chi connectivity index (χ0n) is 23.7. The molecule has 0 bridgehead atoms. The Morgan fingerprint density at radius 2 is 1.45 bits per heavy atom. The van der Waals surface area contributed by atoms with E-state index in [1.54, 1.807) is 0 Å². The third kappa shape index (κ3) is 7.34. The van der Waals surface area contributed by atoms with Crippen LogP contribution in [0.3, 0.4) is 0 Å². The molecule has 2 atom stereocenters. The second-order valence-electron chi connectivity index (χ2n) is 10.9. The van der Waals surface area contributed by atoms with E-state index in [1.807, 2.05) is 60.7 Å². The molecule has 1 aliphatic rings. The number of aromatic nitrogens is 3. The molecule has 1 saturated heterocycles. The summed E-state index contributed by atoms with van der Waals surface area (Å²) in [5.41, 5.74) is 4.11. The summed E-state index contributed by atoms with van der Waals surface area (Å²) in [7, 11) is 0. The smallest absolute Gasteiger partial charge is 0.280 e. The Balaban J connectivity index is 0.994. The van der Waals surface area contributed by atoms with Gasteiger partial charge in [0.05, 0.1) is 24.3 Å². The van der Waals surface area contributed by atoms with Crippen molar-refractivity contribution >= 4 is 16.9 Å². The van der Waals surface area contributed by atoms with E-state index in [9.17, 15) is 4.79 Å². The molecular weight excluding hydrogens is 500 g/mol. The van der Waals surface area contributed by atoms with Crippen LogP contribution in [0.15, 0.2) is 72.8 Å². The quantitative estimate of drug-likeness (QED) is 0.188. The Bertz CT molecular complexity index is 1360. The van der Waals surface area contributed by atoms with Gasteiger partial charge in [-0.25, -0.2) is 0 Å². The second kappa shape index (κ2) is 13.7. The first kappa shape index (κ1) is 28.0. The van der Waals surface area contributed by atoms with Gasteiger partial charge in [0.1, 0.15) is 11.3 Å². The van der Waals surface area contributed by atoms with Gasteiger partial charge in [0.15, 0.2) is 0 Å². The van der Waals surface area contributed by atoms with Crippen LogP contribution in [0.1, 0.15) is 62.7 Å². The highest BCUT2D eigenvalue weighted by molar-refractivity contribution is 6.00. The standard InChI is InChI=1S/C33H40N4O3/c1-25-23-36(24-26(2)40-25)21-9-5-3-4-6-10-22-39-30-19-17-28(18-20-30)27-13-15-29(16-14-27)33(38)37-32-12-8-7-11-31(32)34-35-37/h7-8,11-20,25-26H,3-6,9-10,21-24H2,1-2H3. The fourth-order valence-electron chi connectivity index (χ4n) is 5.49. The first-order chi connectivity index (χ1) is 19.6. The van der Waals surface area contributed by atoms with Gasteiger partial charge in [-0.1, -0.05) is 67.3 Å². The maximum atomic E-state index is 12.9. The Morgan fingerprint density at radius 1 is 0.825 bits per heavy atom. The number of hydrogen-bond acceptors (Lipinski definition) is 6. The third-order valence-electron chi connectivity index (χ3n) is 7.50. The van der Waals surface area contributed by atoms with Crippen LogP contribution >= 0.6 is 0 Å². The van der Waals surface area contributed by atoms with Crippen molar-refractivity contribution in [3.63, 3.8) is 0 Å². The van der Waals surface area contributed by atoms with Crippen molar-refractivity contribution < 1.29 is 14.3 Å². The molecule has 0 N–H and O–H groups in total. The average Bonchev–Trinajstić information content (AvgIpc) is 3.40. The van der Waals surface area contributed by atoms with E-state index in [4.69, 9.17) is 9.47 Å². The minimum absolute atomic E-state index is 0.193. The van der Waals surface area contributed by atoms with E-state index in [-0.39, 0.29) is 5.91 Å². The minimum atomic E-state index is -0.193. The monoisotopic (exact) mass is 540 g/mol. The fraction of sp³-hybridized carbons (Fsp3) is 0.424. The zero-order chi connectivity index (χ0) is 27.7. The van der Waals surface area contributed by atoms with Gasteiger partial charge < -0.3 is 9.47 Å². The molecule has 1 fully saturated rings. The van der Waals surface area contributed by atoms with Gasteiger partial charge in [-0.2, -0.15) is 4.68 Å². The molecule has 0 aliphatic carbocycles. The van der Waals surface area contributed by atoms with Crippen molar-refractivity contribution in [1.82, 2.24) is 19.9 Å². The second-order valence-corrected chi connectivity index (χ2v) is 10.9. The molecule has 1 aromatic heterocycles. The summed E-state index contributed by atoms with van der Waals surface area (Å²) < 4.78 is 13.1. The number of carbonyl (C=O) groups is 1. The molecule has 0 amide bonds. The summed E-state index contributed by atoms with van der Waals surface area (Å²) in [5, 5.41) is 8.11. The van der Waals surface area contributed by atoms with Crippen molar-refractivity contribution in [3.05, 3.63) is 78.4 Å². The Hall–Kier alpha value is -3.55. The zero-order valence-corrected chi connectivity index (χ0v) is 23.7. The number of ether oxygens (including phenoxy) is 2. The van der Waals surface area contributed by atoms with Crippen LogP contribution in [0, 0.1) is 0 Å². The highest BCUT2D eigenvalue weighted by Gasteiger charge is 2.21.